The molecule has 0 bridgehead atoms. The van der Waals surface area contributed by atoms with Gasteiger partial charge in [-0.25, -0.2) is 0 Å². The molecule has 1 aromatic rings. The van der Waals surface area contributed by atoms with Gasteiger partial charge in [0.1, 0.15) is 5.82 Å². The van der Waals surface area contributed by atoms with Crippen molar-refractivity contribution in [3.63, 3.8) is 0 Å². The van der Waals surface area contributed by atoms with Gasteiger partial charge in [-0.15, -0.1) is 10.2 Å². The molecule has 2 heterocycles. The van der Waals surface area contributed by atoms with Gasteiger partial charge in [0.05, 0.1) is 12.0 Å². The molecule has 110 valence electrons. The lowest BCUT2D eigenvalue weighted by Gasteiger charge is -2.29. The van der Waals surface area contributed by atoms with Crippen LogP contribution in [0.2, 0.25) is 0 Å². The molecule has 1 N–H and O–H groups in total. The molecule has 0 aromatic carbocycles. The molecule has 20 heavy (non-hydrogen) atoms. The van der Waals surface area contributed by atoms with Crippen LogP contribution in [-0.4, -0.2) is 33.4 Å². The Bertz CT molecular complexity index is 495. The third-order valence-corrected chi connectivity index (χ3v) is 4.19. The maximum absolute atomic E-state index is 12.5. The first kappa shape index (κ1) is 13.5. The maximum atomic E-state index is 12.5. The van der Waals surface area contributed by atoms with E-state index in [1.807, 2.05) is 11.5 Å². The van der Waals surface area contributed by atoms with Crippen LogP contribution in [0, 0.1) is 12.8 Å². The monoisotopic (exact) mass is 278 g/mol. The van der Waals surface area contributed by atoms with Crippen molar-refractivity contribution in [1.82, 2.24) is 14.8 Å². The second-order valence-corrected chi connectivity index (χ2v) is 5.73. The molecule has 1 saturated carbocycles. The highest BCUT2D eigenvalue weighted by Gasteiger charge is 2.33. The molecular formula is C14H22N4O2. The molecule has 1 saturated heterocycles. The number of carbonyl (C=O) groups is 1. The van der Waals surface area contributed by atoms with E-state index in [1.54, 1.807) is 0 Å². The third-order valence-electron chi connectivity index (χ3n) is 4.19. The zero-order valence-corrected chi connectivity index (χ0v) is 12.1. The van der Waals surface area contributed by atoms with Gasteiger partial charge < -0.3 is 4.74 Å². The molecule has 6 nitrogen and oxygen atoms in total. The van der Waals surface area contributed by atoms with Crippen LogP contribution >= 0.6 is 0 Å². The predicted octanol–water partition coefficient (Wildman–Crippen LogP) is 2.07. The average molecular weight is 278 g/mol. The summed E-state index contributed by atoms with van der Waals surface area (Å²) in [5, 5.41) is 11.1. The Morgan fingerprint density at radius 2 is 2.20 bits per heavy atom. The van der Waals surface area contributed by atoms with Crippen molar-refractivity contribution in [1.29, 1.82) is 0 Å². The van der Waals surface area contributed by atoms with Crippen molar-refractivity contribution in [2.75, 3.05) is 11.9 Å². The summed E-state index contributed by atoms with van der Waals surface area (Å²) >= 11 is 0. The van der Waals surface area contributed by atoms with Crippen molar-refractivity contribution in [3.8, 4) is 0 Å². The van der Waals surface area contributed by atoms with Gasteiger partial charge in [-0.3, -0.25) is 14.7 Å². The zero-order valence-electron chi connectivity index (χ0n) is 12.1. The van der Waals surface area contributed by atoms with E-state index in [0.29, 0.717) is 12.0 Å². The highest BCUT2D eigenvalue weighted by Crippen LogP contribution is 2.38. The van der Waals surface area contributed by atoms with Crippen molar-refractivity contribution >= 4 is 11.9 Å². The highest BCUT2D eigenvalue weighted by molar-refractivity contribution is 5.91. The minimum Gasteiger partial charge on any atom is -0.377 e. The quantitative estimate of drug-likeness (QED) is 0.915. The fourth-order valence-electron chi connectivity index (χ4n) is 2.97. The normalized spacial score (nSPS) is 26.5. The van der Waals surface area contributed by atoms with Gasteiger partial charge in [0.15, 0.2) is 0 Å². The van der Waals surface area contributed by atoms with Crippen molar-refractivity contribution in [2.45, 2.75) is 58.1 Å². The van der Waals surface area contributed by atoms with Crippen LogP contribution in [0.5, 0.6) is 0 Å². The van der Waals surface area contributed by atoms with Gasteiger partial charge in [0, 0.05) is 12.6 Å². The van der Waals surface area contributed by atoms with Gasteiger partial charge >= 0.3 is 0 Å². The summed E-state index contributed by atoms with van der Waals surface area (Å²) in [5.41, 5.74) is 0. The molecule has 0 spiro atoms. The number of rotatable bonds is 4. The van der Waals surface area contributed by atoms with E-state index in [0.717, 1.165) is 44.5 Å². The summed E-state index contributed by atoms with van der Waals surface area (Å²) in [4.78, 5) is 12.5. The SMILES string of the molecule is CC[C@H]1OCCC[C@@H]1C(=O)Nc1nnc(C)n1C1CC1. The number of aryl methyl sites for hydroxylation is 1. The molecule has 1 amide bonds. The number of hydrogen-bond acceptors (Lipinski definition) is 4. The van der Waals surface area contributed by atoms with Crippen LogP contribution in [0.25, 0.3) is 0 Å². The van der Waals surface area contributed by atoms with Crippen LogP contribution in [0.1, 0.15) is 50.9 Å². The predicted molar refractivity (Wildman–Crippen MR) is 74.4 cm³/mol. The molecule has 1 aliphatic heterocycles. The first-order valence-electron chi connectivity index (χ1n) is 7.54. The number of anilines is 1. The Labute approximate surface area is 118 Å². The maximum Gasteiger partial charge on any atom is 0.232 e. The average Bonchev–Trinajstić information content (AvgIpc) is 3.23. The Balaban J connectivity index is 1.72. The topological polar surface area (TPSA) is 69.0 Å². The van der Waals surface area contributed by atoms with Crippen molar-refractivity contribution in [2.24, 2.45) is 5.92 Å². The third kappa shape index (κ3) is 2.57. The van der Waals surface area contributed by atoms with E-state index >= 15 is 0 Å². The standard InChI is InChI=1S/C14H22N4O2/c1-3-12-11(5-4-8-20-12)13(19)15-14-17-16-9(2)18(14)10-6-7-10/h10-12H,3-8H2,1-2H3,(H,15,17,19)/t11-,12+/m0/s1. The van der Waals surface area contributed by atoms with Gasteiger partial charge in [-0.05, 0) is 39.0 Å². The molecule has 2 aliphatic rings. The Morgan fingerprint density at radius 3 is 2.90 bits per heavy atom. The molecule has 0 radical (unpaired) electrons. The Kier molecular flexibility index (Phi) is 3.74. The molecule has 1 aliphatic carbocycles. The smallest absolute Gasteiger partial charge is 0.232 e. The number of ether oxygens (including phenoxy) is 1. The summed E-state index contributed by atoms with van der Waals surface area (Å²) < 4.78 is 7.73. The van der Waals surface area contributed by atoms with Gasteiger partial charge in [0.25, 0.3) is 0 Å². The van der Waals surface area contributed by atoms with Crippen LogP contribution in [-0.2, 0) is 9.53 Å². The van der Waals surface area contributed by atoms with E-state index in [1.165, 1.54) is 0 Å². The molecule has 1 aromatic heterocycles. The largest absolute Gasteiger partial charge is 0.377 e. The van der Waals surface area contributed by atoms with E-state index < -0.39 is 0 Å². The summed E-state index contributed by atoms with van der Waals surface area (Å²) in [6.07, 6.45) is 5.02. The van der Waals surface area contributed by atoms with Gasteiger partial charge in [0.2, 0.25) is 11.9 Å². The van der Waals surface area contributed by atoms with Gasteiger partial charge in [-0.1, -0.05) is 6.92 Å². The van der Waals surface area contributed by atoms with Crippen LogP contribution in [0.15, 0.2) is 0 Å². The van der Waals surface area contributed by atoms with E-state index in [-0.39, 0.29) is 17.9 Å². The summed E-state index contributed by atoms with van der Waals surface area (Å²) in [6, 6.07) is 0.463. The lowest BCUT2D eigenvalue weighted by Crippen LogP contribution is -2.38. The fourth-order valence-corrected chi connectivity index (χ4v) is 2.97. The number of carbonyl (C=O) groups excluding carboxylic acids is 1. The highest BCUT2D eigenvalue weighted by atomic mass is 16.5. The van der Waals surface area contributed by atoms with Crippen LogP contribution < -0.4 is 5.32 Å². The lowest BCUT2D eigenvalue weighted by atomic mass is 9.92. The molecule has 6 heteroatoms. The van der Waals surface area contributed by atoms with Gasteiger partial charge in [-0.2, -0.15) is 0 Å². The fraction of sp³-hybridized carbons (Fsp3) is 0.786. The number of nitrogens with one attached hydrogen (secondary N) is 1. The number of aromatic nitrogens is 3. The molecule has 3 rings (SSSR count). The number of nitrogens with zero attached hydrogens (tertiary/aromatic N) is 3. The number of amides is 1. The van der Waals surface area contributed by atoms with Crippen LogP contribution in [0.3, 0.4) is 0 Å². The molecular weight excluding hydrogens is 256 g/mol. The number of hydrogen-bond donors (Lipinski definition) is 1. The first-order valence-corrected chi connectivity index (χ1v) is 7.54. The van der Waals surface area contributed by atoms with E-state index in [2.05, 4.69) is 22.4 Å². The second-order valence-electron chi connectivity index (χ2n) is 5.73. The minimum absolute atomic E-state index is 0.0193. The van der Waals surface area contributed by atoms with E-state index in [9.17, 15) is 4.79 Å². The summed E-state index contributed by atoms with van der Waals surface area (Å²) in [7, 11) is 0. The molecule has 0 unspecified atom stereocenters. The lowest BCUT2D eigenvalue weighted by molar-refractivity contribution is -0.129. The second kappa shape index (κ2) is 5.52. The Morgan fingerprint density at radius 1 is 1.40 bits per heavy atom. The molecule has 2 atom stereocenters. The summed E-state index contributed by atoms with van der Waals surface area (Å²) in [5.74, 6) is 1.41. The minimum atomic E-state index is -0.0709. The zero-order chi connectivity index (χ0) is 14.1. The van der Waals surface area contributed by atoms with Crippen molar-refractivity contribution < 1.29 is 9.53 Å². The van der Waals surface area contributed by atoms with Crippen molar-refractivity contribution in [3.05, 3.63) is 5.82 Å². The first-order chi connectivity index (χ1) is 9.70. The van der Waals surface area contributed by atoms with Crippen LogP contribution in [0.4, 0.5) is 5.95 Å². The molecule has 2 fully saturated rings. The summed E-state index contributed by atoms with van der Waals surface area (Å²) in [6.45, 7) is 4.76. The Hall–Kier alpha value is -1.43. The van der Waals surface area contributed by atoms with E-state index in [4.69, 9.17) is 4.74 Å².